The third kappa shape index (κ3) is 4.72. The minimum Gasteiger partial charge on any atom is -0.365 e. The molecule has 1 aliphatic rings. The quantitative estimate of drug-likeness (QED) is 0.832. The van der Waals surface area contributed by atoms with Crippen molar-refractivity contribution in [1.29, 1.82) is 0 Å². The van der Waals surface area contributed by atoms with Crippen molar-refractivity contribution in [3.8, 4) is 0 Å². The van der Waals surface area contributed by atoms with Crippen LogP contribution in [0.5, 0.6) is 0 Å². The lowest BCUT2D eigenvalue weighted by Crippen LogP contribution is -2.22. The fraction of sp³-hybridized carbons (Fsp3) is 0.312. The first-order chi connectivity index (χ1) is 11.9. The number of hydrogen-bond acceptors (Lipinski definition) is 6. The highest BCUT2D eigenvalue weighted by molar-refractivity contribution is 7.91. The van der Waals surface area contributed by atoms with Crippen molar-refractivity contribution in [2.24, 2.45) is 0 Å². The van der Waals surface area contributed by atoms with Crippen LogP contribution >= 0.6 is 0 Å². The predicted molar refractivity (Wildman–Crippen MR) is 91.4 cm³/mol. The minimum absolute atomic E-state index is 0.0792. The fourth-order valence-corrected chi connectivity index (χ4v) is 4.27. The van der Waals surface area contributed by atoms with Gasteiger partial charge < -0.3 is 10.6 Å². The molecule has 1 aliphatic heterocycles. The summed E-state index contributed by atoms with van der Waals surface area (Å²) in [5.41, 5.74) is 0.300. The highest BCUT2D eigenvalue weighted by atomic mass is 32.2. The van der Waals surface area contributed by atoms with Gasteiger partial charge in [-0.3, -0.25) is 4.79 Å². The topological polar surface area (TPSA) is 101 Å². The molecular weight excluding hydrogens is 347 g/mol. The number of benzene rings is 1. The second kappa shape index (κ2) is 7.14. The van der Waals surface area contributed by atoms with Crippen molar-refractivity contribution in [1.82, 2.24) is 10.2 Å². The van der Waals surface area contributed by atoms with E-state index in [0.717, 1.165) is 0 Å². The lowest BCUT2D eigenvalue weighted by atomic mass is 10.1. The van der Waals surface area contributed by atoms with Crippen molar-refractivity contribution in [2.45, 2.75) is 18.9 Å². The molecule has 1 saturated heterocycles. The number of sulfone groups is 1. The molecule has 25 heavy (non-hydrogen) atoms. The predicted octanol–water partition coefficient (Wildman–Crippen LogP) is 1.40. The lowest BCUT2D eigenvalue weighted by molar-refractivity contribution is -0.115. The number of nitrogens with zero attached hydrogens (tertiary/aromatic N) is 2. The van der Waals surface area contributed by atoms with Gasteiger partial charge in [-0.25, -0.2) is 12.8 Å². The number of hydrogen-bond donors (Lipinski definition) is 2. The summed E-state index contributed by atoms with van der Waals surface area (Å²) < 4.78 is 36.4. The Labute approximate surface area is 144 Å². The van der Waals surface area contributed by atoms with Gasteiger partial charge >= 0.3 is 0 Å². The lowest BCUT2D eigenvalue weighted by Gasteiger charge is -2.11. The molecule has 7 nitrogen and oxygen atoms in total. The van der Waals surface area contributed by atoms with Gasteiger partial charge in [0.15, 0.2) is 15.7 Å². The van der Waals surface area contributed by atoms with E-state index >= 15 is 0 Å². The van der Waals surface area contributed by atoms with Crippen molar-refractivity contribution in [2.75, 3.05) is 22.1 Å². The van der Waals surface area contributed by atoms with Crippen molar-refractivity contribution in [3.05, 3.63) is 47.8 Å². The Balaban J connectivity index is 1.55. The van der Waals surface area contributed by atoms with E-state index in [2.05, 4.69) is 20.8 Å². The van der Waals surface area contributed by atoms with Gasteiger partial charge in [0.2, 0.25) is 5.91 Å². The molecule has 2 N–H and O–H groups in total. The maximum Gasteiger partial charge on any atom is 0.230 e. The van der Waals surface area contributed by atoms with E-state index in [9.17, 15) is 17.6 Å². The van der Waals surface area contributed by atoms with E-state index in [1.807, 2.05) is 0 Å². The van der Waals surface area contributed by atoms with E-state index in [0.29, 0.717) is 17.8 Å². The monoisotopic (exact) mass is 364 g/mol. The summed E-state index contributed by atoms with van der Waals surface area (Å²) in [6.45, 7) is 0. The van der Waals surface area contributed by atoms with Crippen molar-refractivity contribution < 1.29 is 17.6 Å². The highest BCUT2D eigenvalue weighted by Crippen LogP contribution is 2.16. The first-order valence-electron chi connectivity index (χ1n) is 7.75. The molecule has 1 aromatic carbocycles. The van der Waals surface area contributed by atoms with E-state index in [4.69, 9.17) is 0 Å². The van der Waals surface area contributed by atoms with Gasteiger partial charge in [0.1, 0.15) is 11.6 Å². The molecule has 0 radical (unpaired) electrons. The second-order valence-electron chi connectivity index (χ2n) is 5.86. The maximum absolute atomic E-state index is 13.5. The number of aromatic nitrogens is 2. The molecule has 1 aromatic heterocycles. The number of rotatable bonds is 5. The molecule has 0 bridgehead atoms. The van der Waals surface area contributed by atoms with Gasteiger partial charge in [0.25, 0.3) is 0 Å². The average Bonchev–Trinajstić information content (AvgIpc) is 2.90. The first-order valence-corrected chi connectivity index (χ1v) is 9.57. The number of carbonyl (C=O) groups excluding carboxylic acids is 1. The summed E-state index contributed by atoms with van der Waals surface area (Å²) in [6.07, 6.45) is 0.430. The van der Waals surface area contributed by atoms with Crippen LogP contribution in [0, 0.1) is 5.82 Å². The zero-order valence-electron chi connectivity index (χ0n) is 13.3. The molecule has 1 atom stereocenters. The molecule has 2 heterocycles. The first kappa shape index (κ1) is 17.3. The molecule has 132 valence electrons. The molecule has 2 aromatic rings. The standard InChI is InChI=1S/C16H17FN4O3S/c17-13-4-2-1-3-11(13)9-16(22)19-15-6-5-14(20-21-15)18-12-7-8-25(23,24)10-12/h1-6,12H,7-10H2,(H,18,20)(H,19,21,22). The van der Waals surface area contributed by atoms with Crippen LogP contribution in [-0.4, -0.2) is 42.1 Å². The van der Waals surface area contributed by atoms with E-state index in [-0.39, 0.29) is 29.8 Å². The Hall–Kier alpha value is -2.55. The Kier molecular flexibility index (Phi) is 4.93. The van der Waals surface area contributed by atoms with Crippen LogP contribution in [-0.2, 0) is 21.1 Å². The normalized spacial score (nSPS) is 18.7. The molecule has 3 rings (SSSR count). The Morgan fingerprint density at radius 3 is 2.52 bits per heavy atom. The van der Waals surface area contributed by atoms with Crippen LogP contribution in [0.25, 0.3) is 0 Å². The van der Waals surface area contributed by atoms with Crippen molar-refractivity contribution >= 4 is 27.4 Å². The average molecular weight is 364 g/mol. The van der Waals surface area contributed by atoms with Gasteiger partial charge in [-0.2, -0.15) is 0 Å². The zero-order chi connectivity index (χ0) is 17.9. The Bertz CT molecular complexity index is 871. The van der Waals surface area contributed by atoms with Crippen LogP contribution < -0.4 is 10.6 Å². The van der Waals surface area contributed by atoms with Crippen LogP contribution in [0.2, 0.25) is 0 Å². The number of amides is 1. The summed E-state index contributed by atoms with van der Waals surface area (Å²) in [4.78, 5) is 11.9. The Morgan fingerprint density at radius 2 is 1.88 bits per heavy atom. The molecule has 0 aliphatic carbocycles. The van der Waals surface area contributed by atoms with Crippen LogP contribution in [0.1, 0.15) is 12.0 Å². The van der Waals surface area contributed by atoms with Crippen LogP contribution in [0.3, 0.4) is 0 Å². The number of carbonyl (C=O) groups is 1. The number of halogens is 1. The highest BCUT2D eigenvalue weighted by Gasteiger charge is 2.27. The molecule has 1 fully saturated rings. The molecule has 0 spiro atoms. The molecule has 1 unspecified atom stereocenters. The summed E-state index contributed by atoms with van der Waals surface area (Å²) >= 11 is 0. The van der Waals surface area contributed by atoms with Gasteiger partial charge in [-0.1, -0.05) is 18.2 Å². The summed E-state index contributed by atoms with van der Waals surface area (Å²) in [5, 5.41) is 13.4. The molecule has 0 saturated carbocycles. The zero-order valence-corrected chi connectivity index (χ0v) is 14.1. The maximum atomic E-state index is 13.5. The summed E-state index contributed by atoms with van der Waals surface area (Å²) in [6, 6.07) is 9.05. The van der Waals surface area contributed by atoms with Gasteiger partial charge in [0.05, 0.1) is 17.9 Å². The minimum atomic E-state index is -2.97. The largest absolute Gasteiger partial charge is 0.365 e. The molecular formula is C16H17FN4O3S. The third-order valence-electron chi connectivity index (χ3n) is 3.83. The van der Waals surface area contributed by atoms with E-state index in [1.165, 1.54) is 6.07 Å². The third-order valence-corrected chi connectivity index (χ3v) is 5.59. The molecule has 9 heteroatoms. The van der Waals surface area contributed by atoms with Crippen LogP contribution in [0.4, 0.5) is 16.0 Å². The summed E-state index contributed by atoms with van der Waals surface area (Å²) in [7, 11) is -2.97. The van der Waals surface area contributed by atoms with E-state index in [1.54, 1.807) is 30.3 Å². The number of nitrogens with one attached hydrogen (secondary N) is 2. The van der Waals surface area contributed by atoms with Gasteiger partial charge in [0, 0.05) is 6.04 Å². The smallest absolute Gasteiger partial charge is 0.230 e. The van der Waals surface area contributed by atoms with Crippen LogP contribution in [0.15, 0.2) is 36.4 Å². The van der Waals surface area contributed by atoms with Gasteiger partial charge in [-0.05, 0) is 30.2 Å². The van der Waals surface area contributed by atoms with Crippen molar-refractivity contribution in [3.63, 3.8) is 0 Å². The SMILES string of the molecule is O=C(Cc1ccccc1F)Nc1ccc(NC2CCS(=O)(=O)C2)nn1. The second-order valence-corrected chi connectivity index (χ2v) is 8.09. The Morgan fingerprint density at radius 1 is 1.16 bits per heavy atom. The van der Waals surface area contributed by atoms with Gasteiger partial charge in [-0.15, -0.1) is 10.2 Å². The molecule has 1 amide bonds. The summed E-state index contributed by atoms with van der Waals surface area (Å²) in [5.74, 6) is 0.0925. The number of anilines is 2. The van der Waals surface area contributed by atoms with E-state index < -0.39 is 21.6 Å². The fourth-order valence-electron chi connectivity index (χ4n) is 2.60.